The van der Waals surface area contributed by atoms with Gasteiger partial charge in [-0.15, -0.1) is 11.3 Å². The molecule has 0 aromatic carbocycles. The number of carbonyl (C=O) groups excluding carboxylic acids is 2. The molecule has 3 rings (SSSR count). The van der Waals surface area contributed by atoms with E-state index in [0.29, 0.717) is 16.8 Å². The van der Waals surface area contributed by atoms with Crippen molar-refractivity contribution in [3.63, 3.8) is 0 Å². The van der Waals surface area contributed by atoms with Crippen molar-refractivity contribution in [2.75, 3.05) is 5.32 Å². The van der Waals surface area contributed by atoms with E-state index in [0.717, 1.165) is 17.5 Å². The molecule has 2 unspecified atom stereocenters. The maximum absolute atomic E-state index is 13.0. The summed E-state index contributed by atoms with van der Waals surface area (Å²) in [6.45, 7) is 7.46. The number of hydrogen-bond donors (Lipinski definition) is 4. The first-order valence-electron chi connectivity index (χ1n) is 10.4. The average molecular weight is 530 g/mol. The molecular formula is C21H23ClF3N7O2S. The van der Waals surface area contributed by atoms with Crippen LogP contribution in [0.25, 0.3) is 0 Å². The zero-order chi connectivity index (χ0) is 26.0. The first-order valence-corrected chi connectivity index (χ1v) is 11.6. The van der Waals surface area contributed by atoms with Crippen molar-refractivity contribution < 1.29 is 22.8 Å². The number of pyridine rings is 1. The van der Waals surface area contributed by atoms with E-state index in [-0.39, 0.29) is 16.7 Å². The number of aromatic nitrogens is 2. The Morgan fingerprint density at radius 3 is 2.54 bits per heavy atom. The van der Waals surface area contributed by atoms with Gasteiger partial charge in [0.05, 0.1) is 29.2 Å². The fraction of sp³-hybridized carbons (Fsp3) is 0.381. The number of nitrogens with one attached hydrogen (secondary N) is 4. The number of nitrogens with zero attached hydrogens (tertiary/aromatic N) is 3. The van der Waals surface area contributed by atoms with E-state index >= 15 is 0 Å². The fourth-order valence-corrected chi connectivity index (χ4v) is 4.25. The van der Waals surface area contributed by atoms with Crippen molar-refractivity contribution in [2.24, 2.45) is 4.99 Å². The number of anilines is 1. The van der Waals surface area contributed by atoms with Crippen molar-refractivity contribution in [3.05, 3.63) is 50.7 Å². The van der Waals surface area contributed by atoms with Gasteiger partial charge in [0.25, 0.3) is 11.8 Å². The summed E-state index contributed by atoms with van der Waals surface area (Å²) in [6, 6.07) is 0.240. The third-order valence-electron chi connectivity index (χ3n) is 4.67. The zero-order valence-corrected chi connectivity index (χ0v) is 20.7. The van der Waals surface area contributed by atoms with E-state index in [1.54, 1.807) is 13.0 Å². The van der Waals surface area contributed by atoms with Gasteiger partial charge in [0.15, 0.2) is 0 Å². The summed E-state index contributed by atoms with van der Waals surface area (Å²) < 4.78 is 39.1. The molecule has 0 radical (unpaired) electrons. The number of thiazole rings is 1. The molecule has 2 atom stereocenters. The number of carbonyl (C=O) groups is 2. The minimum absolute atomic E-state index is 0.127. The Bertz CT molecular complexity index is 1180. The predicted octanol–water partition coefficient (Wildman–Crippen LogP) is 3.87. The van der Waals surface area contributed by atoms with E-state index in [4.69, 9.17) is 11.6 Å². The first kappa shape index (κ1) is 26.6. The van der Waals surface area contributed by atoms with Gasteiger partial charge in [-0.1, -0.05) is 11.6 Å². The predicted molar refractivity (Wildman–Crippen MR) is 127 cm³/mol. The van der Waals surface area contributed by atoms with Crippen molar-refractivity contribution in [2.45, 2.75) is 51.6 Å². The van der Waals surface area contributed by atoms with Crippen molar-refractivity contribution in [1.29, 1.82) is 0 Å². The van der Waals surface area contributed by atoms with Gasteiger partial charge in [0.1, 0.15) is 27.1 Å². The zero-order valence-electron chi connectivity index (χ0n) is 19.1. The molecule has 1 aliphatic rings. The highest BCUT2D eigenvalue weighted by Gasteiger charge is 2.34. The lowest BCUT2D eigenvalue weighted by Crippen LogP contribution is -2.48. The van der Waals surface area contributed by atoms with Crippen LogP contribution in [0.4, 0.5) is 19.0 Å². The SMILES string of the molecule is CC(C)NC1(C)C=C(C(=O)NC(C)c2ncc(C(=O)Nc3cc(C(F)(F)F)c(Cl)cn3)s2)NC=N1. The van der Waals surface area contributed by atoms with Crippen molar-refractivity contribution >= 4 is 46.9 Å². The largest absolute Gasteiger partial charge is 0.418 e. The Kier molecular flexibility index (Phi) is 7.82. The number of amides is 2. The highest BCUT2D eigenvalue weighted by Crippen LogP contribution is 2.35. The number of rotatable bonds is 7. The molecule has 0 saturated carbocycles. The minimum atomic E-state index is -4.69. The van der Waals surface area contributed by atoms with Gasteiger partial charge < -0.3 is 16.0 Å². The van der Waals surface area contributed by atoms with Crippen LogP contribution in [-0.2, 0) is 11.0 Å². The Hall–Kier alpha value is -3.03. The molecule has 0 bridgehead atoms. The van der Waals surface area contributed by atoms with Crippen LogP contribution in [0.3, 0.4) is 0 Å². The van der Waals surface area contributed by atoms with Crippen LogP contribution in [0, 0.1) is 0 Å². The Balaban J connectivity index is 1.66. The summed E-state index contributed by atoms with van der Waals surface area (Å²) in [5.41, 5.74) is -1.56. The molecule has 1 aliphatic heterocycles. The number of alkyl halides is 3. The summed E-state index contributed by atoms with van der Waals surface area (Å²) in [5, 5.41) is 11.0. The highest BCUT2D eigenvalue weighted by molar-refractivity contribution is 7.13. The second kappa shape index (κ2) is 10.3. The molecule has 14 heteroatoms. The third-order valence-corrected chi connectivity index (χ3v) is 6.15. The van der Waals surface area contributed by atoms with Crippen molar-refractivity contribution in [3.8, 4) is 0 Å². The molecule has 0 fully saturated rings. The monoisotopic (exact) mass is 529 g/mol. The lowest BCUT2D eigenvalue weighted by molar-refractivity contribution is -0.137. The minimum Gasteiger partial charge on any atom is -0.342 e. The summed E-state index contributed by atoms with van der Waals surface area (Å²) in [5.74, 6) is -1.40. The Morgan fingerprint density at radius 2 is 1.89 bits per heavy atom. The third kappa shape index (κ3) is 6.77. The lowest BCUT2D eigenvalue weighted by Gasteiger charge is -2.29. The molecule has 2 aromatic rings. The second-order valence-corrected chi connectivity index (χ2v) is 9.64. The van der Waals surface area contributed by atoms with E-state index in [1.165, 1.54) is 12.5 Å². The summed E-state index contributed by atoms with van der Waals surface area (Å²) in [4.78, 5) is 37.6. The molecule has 2 amide bonds. The van der Waals surface area contributed by atoms with Gasteiger partial charge >= 0.3 is 6.18 Å². The standard InChI is InChI=1S/C21H23ClF3N7O2S/c1-10(2)32-20(4)6-14(28-9-29-20)17(33)30-11(3)19-27-8-15(35-19)18(34)31-16-5-12(21(23,24)25)13(22)7-26-16/h5-11,32H,1-4H3,(H,28,29)(H,30,33)(H,26,31,34). The van der Waals surface area contributed by atoms with Gasteiger partial charge in [-0.25, -0.2) is 15.0 Å². The quantitative estimate of drug-likeness (QED) is 0.432. The van der Waals surface area contributed by atoms with Crippen LogP contribution in [0.15, 0.2) is 35.2 Å². The average Bonchev–Trinajstić information content (AvgIpc) is 3.24. The van der Waals surface area contributed by atoms with Gasteiger partial charge in [-0.2, -0.15) is 13.2 Å². The number of aliphatic imine (C=N–C) groups is 1. The fourth-order valence-electron chi connectivity index (χ4n) is 3.22. The Labute approximate surface area is 208 Å². The molecule has 3 heterocycles. The normalized spacial score (nSPS) is 18.6. The van der Waals surface area contributed by atoms with Crippen LogP contribution in [0.5, 0.6) is 0 Å². The molecule has 0 aliphatic carbocycles. The summed E-state index contributed by atoms with van der Waals surface area (Å²) >= 11 is 6.54. The van der Waals surface area contributed by atoms with Gasteiger partial charge in [0.2, 0.25) is 0 Å². The topological polar surface area (TPSA) is 120 Å². The molecule has 188 valence electrons. The van der Waals surface area contributed by atoms with Crippen molar-refractivity contribution in [1.82, 2.24) is 25.9 Å². The van der Waals surface area contributed by atoms with E-state index in [2.05, 4.69) is 36.2 Å². The number of hydrogen-bond acceptors (Lipinski definition) is 8. The molecule has 35 heavy (non-hydrogen) atoms. The molecule has 2 aromatic heterocycles. The van der Waals surface area contributed by atoms with Crippen LogP contribution in [0.1, 0.15) is 54.0 Å². The molecule has 9 nitrogen and oxygen atoms in total. The Morgan fingerprint density at radius 1 is 1.17 bits per heavy atom. The van der Waals surface area contributed by atoms with E-state index in [1.807, 2.05) is 20.8 Å². The lowest BCUT2D eigenvalue weighted by atomic mass is 10.1. The molecule has 0 spiro atoms. The van der Waals surface area contributed by atoms with Crippen LogP contribution in [-0.4, -0.2) is 39.8 Å². The summed E-state index contributed by atoms with van der Waals surface area (Å²) in [6.07, 6.45) is 0.504. The van der Waals surface area contributed by atoms with E-state index < -0.39 is 40.3 Å². The molecule has 4 N–H and O–H groups in total. The van der Waals surface area contributed by atoms with E-state index in [9.17, 15) is 22.8 Å². The maximum Gasteiger partial charge on any atom is 0.418 e. The van der Waals surface area contributed by atoms with Crippen LogP contribution < -0.4 is 21.3 Å². The van der Waals surface area contributed by atoms with Gasteiger partial charge in [-0.05, 0) is 39.8 Å². The number of halogens is 4. The maximum atomic E-state index is 13.0. The summed E-state index contributed by atoms with van der Waals surface area (Å²) in [7, 11) is 0. The van der Waals surface area contributed by atoms with Crippen LogP contribution >= 0.6 is 22.9 Å². The molecular weight excluding hydrogens is 507 g/mol. The van der Waals surface area contributed by atoms with Gasteiger partial charge in [0, 0.05) is 12.2 Å². The van der Waals surface area contributed by atoms with Gasteiger partial charge in [-0.3, -0.25) is 14.9 Å². The first-order chi connectivity index (χ1) is 16.3. The smallest absolute Gasteiger partial charge is 0.342 e. The molecule has 0 saturated heterocycles. The second-order valence-electron chi connectivity index (χ2n) is 8.17. The highest BCUT2D eigenvalue weighted by atomic mass is 35.5. The van der Waals surface area contributed by atoms with Crippen LogP contribution in [0.2, 0.25) is 5.02 Å².